The Hall–Kier alpha value is -3.53. The predicted molar refractivity (Wildman–Crippen MR) is 131 cm³/mol. The van der Waals surface area contributed by atoms with Crippen LogP contribution >= 0.6 is 11.6 Å². The molecule has 0 spiro atoms. The van der Waals surface area contributed by atoms with E-state index in [0.717, 1.165) is 21.3 Å². The maximum absolute atomic E-state index is 14.7. The van der Waals surface area contributed by atoms with Crippen molar-refractivity contribution in [3.05, 3.63) is 89.2 Å². The first kappa shape index (κ1) is 22.3. The maximum Gasteiger partial charge on any atom is 0.301 e. The number of anilines is 2. The third kappa shape index (κ3) is 4.21. The first-order chi connectivity index (χ1) is 16.3. The van der Waals surface area contributed by atoms with Crippen molar-refractivity contribution in [2.24, 2.45) is 0 Å². The summed E-state index contributed by atoms with van der Waals surface area (Å²) in [6.45, 7) is 0.417. The Bertz CT molecular complexity index is 1540. The molecule has 0 atom stereocenters. The van der Waals surface area contributed by atoms with Crippen molar-refractivity contribution in [2.45, 2.75) is 0 Å². The number of carbonyl (C=O) groups excluding carboxylic acids is 1. The number of hydrogen-bond acceptors (Lipinski definition) is 4. The molecule has 0 unspecified atom stereocenters. The van der Waals surface area contributed by atoms with E-state index >= 15 is 0 Å². The first-order valence-corrected chi connectivity index (χ1v) is 12.2. The molecule has 34 heavy (non-hydrogen) atoms. The summed E-state index contributed by atoms with van der Waals surface area (Å²) in [5.74, 6) is -1.51. The van der Waals surface area contributed by atoms with Crippen LogP contribution in [-0.4, -0.2) is 32.4 Å². The average molecular weight is 497 g/mol. The molecule has 2 heterocycles. The number of para-hydroxylation sites is 1. The zero-order chi connectivity index (χ0) is 23.9. The van der Waals surface area contributed by atoms with Crippen molar-refractivity contribution in [3.8, 4) is 11.3 Å². The van der Waals surface area contributed by atoms with Gasteiger partial charge in [-0.3, -0.25) is 9.10 Å². The van der Waals surface area contributed by atoms with Gasteiger partial charge in [0.1, 0.15) is 5.82 Å². The molecule has 1 saturated heterocycles. The molecule has 1 fully saturated rings. The van der Waals surface area contributed by atoms with Gasteiger partial charge in [0.05, 0.1) is 27.5 Å². The van der Waals surface area contributed by atoms with Crippen LogP contribution in [-0.2, 0) is 10.2 Å². The summed E-state index contributed by atoms with van der Waals surface area (Å²) in [5.41, 5.74) is 2.41. The third-order valence-electron chi connectivity index (χ3n) is 5.47. The van der Waals surface area contributed by atoms with Crippen LogP contribution in [0.25, 0.3) is 22.2 Å². The van der Waals surface area contributed by atoms with Gasteiger partial charge < -0.3 is 5.32 Å². The summed E-state index contributed by atoms with van der Waals surface area (Å²) in [4.78, 5) is 17.4. The van der Waals surface area contributed by atoms with E-state index in [1.807, 2.05) is 36.4 Å². The Morgan fingerprint density at radius 3 is 2.65 bits per heavy atom. The zero-order valence-corrected chi connectivity index (χ0v) is 19.2. The van der Waals surface area contributed by atoms with Gasteiger partial charge in [-0.25, -0.2) is 9.37 Å². The minimum Gasteiger partial charge on any atom is -0.322 e. The number of hydrogen-bond donors (Lipinski definition) is 2. The lowest BCUT2D eigenvalue weighted by molar-refractivity contribution is 0.102. The predicted octanol–water partition coefficient (Wildman–Crippen LogP) is 4.60. The van der Waals surface area contributed by atoms with Crippen LogP contribution in [0.3, 0.4) is 0 Å². The number of nitrogens with zero attached hydrogens (tertiary/aromatic N) is 2. The Morgan fingerprint density at radius 2 is 1.88 bits per heavy atom. The summed E-state index contributed by atoms with van der Waals surface area (Å²) >= 11 is 6.39. The van der Waals surface area contributed by atoms with Crippen LogP contribution in [0.2, 0.25) is 5.02 Å². The Balaban J connectivity index is 1.41. The second kappa shape index (κ2) is 8.68. The standard InChI is InChI=1S/C24H18ClFN4O3S/c25-20-9-6-16(13-19(20)23-10-5-15-3-1-2-4-22(15)29-23)28-24(31)18-8-7-17(14-21(18)26)30-12-11-27-34(30,32)33/h1-10,13-14,27H,11-12H2,(H,28,31). The highest BCUT2D eigenvalue weighted by Gasteiger charge is 2.28. The second-order valence-electron chi connectivity index (χ2n) is 7.67. The molecule has 1 aromatic heterocycles. The number of amides is 1. The highest BCUT2D eigenvalue weighted by atomic mass is 35.5. The molecule has 172 valence electrons. The number of benzene rings is 3. The fourth-order valence-corrected chi connectivity index (χ4v) is 5.24. The minimum atomic E-state index is -3.69. The van der Waals surface area contributed by atoms with E-state index in [1.54, 1.807) is 18.2 Å². The normalized spacial score (nSPS) is 14.9. The topological polar surface area (TPSA) is 91.4 Å². The lowest BCUT2D eigenvalue weighted by atomic mass is 10.1. The molecular weight excluding hydrogens is 479 g/mol. The largest absolute Gasteiger partial charge is 0.322 e. The van der Waals surface area contributed by atoms with E-state index < -0.39 is 21.9 Å². The minimum absolute atomic E-state index is 0.148. The Morgan fingerprint density at radius 1 is 1.06 bits per heavy atom. The number of nitrogens with one attached hydrogen (secondary N) is 2. The number of pyridine rings is 1. The van der Waals surface area contributed by atoms with Crippen molar-refractivity contribution in [3.63, 3.8) is 0 Å². The van der Waals surface area contributed by atoms with E-state index in [0.29, 0.717) is 22.0 Å². The van der Waals surface area contributed by atoms with Gasteiger partial charge in [-0.15, -0.1) is 0 Å². The lowest BCUT2D eigenvalue weighted by Gasteiger charge is -2.16. The molecular formula is C24H18ClFN4O3S. The van der Waals surface area contributed by atoms with E-state index in [-0.39, 0.29) is 24.3 Å². The first-order valence-electron chi connectivity index (χ1n) is 10.4. The van der Waals surface area contributed by atoms with Gasteiger partial charge in [0, 0.05) is 29.7 Å². The molecule has 4 aromatic rings. The monoisotopic (exact) mass is 496 g/mol. The Labute approximate surface area is 200 Å². The summed E-state index contributed by atoms with van der Waals surface area (Å²) in [6, 6.07) is 20.1. The number of aromatic nitrogens is 1. The molecule has 2 N–H and O–H groups in total. The lowest BCUT2D eigenvalue weighted by Crippen LogP contribution is -2.29. The van der Waals surface area contributed by atoms with Crippen LogP contribution < -0.4 is 14.3 Å². The fraction of sp³-hybridized carbons (Fsp3) is 0.0833. The van der Waals surface area contributed by atoms with Gasteiger partial charge in [0.15, 0.2) is 0 Å². The number of fused-ring (bicyclic) bond motifs is 1. The van der Waals surface area contributed by atoms with E-state index in [2.05, 4.69) is 15.0 Å². The zero-order valence-electron chi connectivity index (χ0n) is 17.6. The number of carbonyl (C=O) groups is 1. The SMILES string of the molecule is O=C(Nc1ccc(Cl)c(-c2ccc3ccccc3n2)c1)c1ccc(N2CCNS2(=O)=O)cc1F. The van der Waals surface area contributed by atoms with Crippen LogP contribution in [0.15, 0.2) is 72.8 Å². The van der Waals surface area contributed by atoms with E-state index in [9.17, 15) is 17.6 Å². The van der Waals surface area contributed by atoms with Gasteiger partial charge >= 0.3 is 10.2 Å². The van der Waals surface area contributed by atoms with Crippen LogP contribution in [0, 0.1) is 5.82 Å². The average Bonchev–Trinajstić information content (AvgIpc) is 3.18. The molecule has 1 aliphatic heterocycles. The summed E-state index contributed by atoms with van der Waals surface area (Å²) < 4.78 is 42.1. The third-order valence-corrected chi connectivity index (χ3v) is 7.35. The summed E-state index contributed by atoms with van der Waals surface area (Å²) in [7, 11) is -3.69. The van der Waals surface area contributed by atoms with Crippen LogP contribution in [0.5, 0.6) is 0 Å². The van der Waals surface area contributed by atoms with E-state index in [4.69, 9.17) is 11.6 Å². The smallest absolute Gasteiger partial charge is 0.301 e. The molecule has 1 amide bonds. The second-order valence-corrected chi connectivity index (χ2v) is 9.76. The van der Waals surface area contributed by atoms with Gasteiger partial charge in [-0.1, -0.05) is 35.9 Å². The van der Waals surface area contributed by atoms with Gasteiger partial charge in [-0.2, -0.15) is 13.1 Å². The molecule has 3 aromatic carbocycles. The van der Waals surface area contributed by atoms with Crippen molar-refractivity contribution in [1.29, 1.82) is 0 Å². The highest BCUT2D eigenvalue weighted by Crippen LogP contribution is 2.31. The molecule has 1 aliphatic rings. The van der Waals surface area contributed by atoms with Crippen molar-refractivity contribution in [1.82, 2.24) is 9.71 Å². The fourth-order valence-electron chi connectivity index (χ4n) is 3.80. The summed E-state index contributed by atoms with van der Waals surface area (Å²) in [5, 5.41) is 4.11. The maximum atomic E-state index is 14.7. The molecule has 10 heteroatoms. The van der Waals surface area contributed by atoms with E-state index in [1.165, 1.54) is 12.1 Å². The number of halogens is 2. The number of rotatable bonds is 4. The van der Waals surface area contributed by atoms with Gasteiger partial charge in [-0.05, 0) is 48.5 Å². The van der Waals surface area contributed by atoms with Crippen molar-refractivity contribution in [2.75, 3.05) is 22.7 Å². The molecule has 0 aliphatic carbocycles. The van der Waals surface area contributed by atoms with Crippen molar-refractivity contribution >= 4 is 50.0 Å². The van der Waals surface area contributed by atoms with Crippen LogP contribution in [0.4, 0.5) is 15.8 Å². The summed E-state index contributed by atoms with van der Waals surface area (Å²) in [6.07, 6.45) is 0. The molecule has 0 bridgehead atoms. The van der Waals surface area contributed by atoms with Crippen LogP contribution in [0.1, 0.15) is 10.4 Å². The molecule has 7 nitrogen and oxygen atoms in total. The Kier molecular flexibility index (Phi) is 5.68. The molecule has 0 saturated carbocycles. The van der Waals surface area contributed by atoms with Gasteiger partial charge in [0.25, 0.3) is 5.91 Å². The quantitative estimate of drug-likeness (QED) is 0.432. The molecule has 0 radical (unpaired) electrons. The highest BCUT2D eigenvalue weighted by molar-refractivity contribution is 7.91. The van der Waals surface area contributed by atoms with Gasteiger partial charge in [0.2, 0.25) is 0 Å². The van der Waals surface area contributed by atoms with Crippen molar-refractivity contribution < 1.29 is 17.6 Å². The molecule has 5 rings (SSSR count).